The van der Waals surface area contributed by atoms with E-state index >= 15 is 0 Å². The molecule has 0 N–H and O–H groups in total. The number of nitriles is 1. The molecule has 0 spiro atoms. The van der Waals surface area contributed by atoms with Crippen molar-refractivity contribution in [3.63, 3.8) is 0 Å². The molecule has 1 aliphatic rings. The molecule has 1 aliphatic heterocycles. The monoisotopic (exact) mass is 540 g/mol. The molecule has 0 atom stereocenters. The van der Waals surface area contributed by atoms with Gasteiger partial charge in [0.2, 0.25) is 0 Å². The minimum absolute atomic E-state index is 0.127. The molecule has 2 aromatic carbocycles. The van der Waals surface area contributed by atoms with Crippen LogP contribution in [0.2, 0.25) is 0 Å². The largest absolute Gasteiger partial charge is 0.464 e. The number of para-hydroxylation sites is 1. The number of aromatic nitrogens is 2. The summed E-state index contributed by atoms with van der Waals surface area (Å²) in [5.41, 5.74) is 3.39. The number of thioether (sulfide) groups is 1. The number of rotatable bonds is 9. The molecule has 0 saturated carbocycles. The summed E-state index contributed by atoms with van der Waals surface area (Å²) >= 11 is 1.78. The molecule has 198 valence electrons. The van der Waals surface area contributed by atoms with Crippen molar-refractivity contribution in [2.24, 2.45) is 0 Å². The van der Waals surface area contributed by atoms with Gasteiger partial charge >= 0.3 is 5.97 Å². The first kappa shape index (κ1) is 27.6. The van der Waals surface area contributed by atoms with Gasteiger partial charge in [0.1, 0.15) is 18.2 Å². The summed E-state index contributed by atoms with van der Waals surface area (Å²) in [7, 11) is 0. The van der Waals surface area contributed by atoms with E-state index in [0.29, 0.717) is 16.8 Å². The summed E-state index contributed by atoms with van der Waals surface area (Å²) in [6, 6.07) is 19.6. The molecule has 39 heavy (non-hydrogen) atoms. The number of nitrogens with zero attached hydrogens (tertiary/aromatic N) is 4. The Balaban J connectivity index is 1.81. The summed E-state index contributed by atoms with van der Waals surface area (Å²) in [6.07, 6.45) is 4.57. The molecule has 0 unspecified atom stereocenters. The molecule has 8 nitrogen and oxygen atoms in total. The van der Waals surface area contributed by atoms with Gasteiger partial charge in [-0.1, -0.05) is 37.3 Å². The fraction of sp³-hybridized carbons (Fsp3) is 0.233. The third-order valence-corrected chi connectivity index (χ3v) is 7.33. The zero-order chi connectivity index (χ0) is 27.9. The fourth-order valence-corrected chi connectivity index (χ4v) is 4.90. The van der Waals surface area contributed by atoms with Crippen LogP contribution in [0.15, 0.2) is 82.4 Å². The number of esters is 1. The maximum atomic E-state index is 13.5. The summed E-state index contributed by atoms with van der Waals surface area (Å²) in [4.78, 5) is 39.7. The Bertz CT molecular complexity index is 1500. The van der Waals surface area contributed by atoms with Gasteiger partial charge in [-0.3, -0.25) is 19.3 Å². The highest BCUT2D eigenvalue weighted by atomic mass is 32.2. The van der Waals surface area contributed by atoms with Gasteiger partial charge in [-0.15, -0.1) is 11.8 Å². The van der Waals surface area contributed by atoms with E-state index in [9.17, 15) is 19.6 Å². The van der Waals surface area contributed by atoms with Crippen molar-refractivity contribution in [3.8, 4) is 23.0 Å². The third-order valence-electron chi connectivity index (χ3n) is 6.11. The van der Waals surface area contributed by atoms with E-state index in [0.717, 1.165) is 33.2 Å². The number of hydrogen-bond acceptors (Lipinski definition) is 7. The van der Waals surface area contributed by atoms with Crippen molar-refractivity contribution < 1.29 is 19.1 Å². The van der Waals surface area contributed by atoms with Gasteiger partial charge in [-0.25, -0.2) is 4.68 Å². The van der Waals surface area contributed by atoms with E-state index in [1.807, 2.05) is 66.9 Å². The number of amides is 2. The molecule has 2 amide bonds. The smallest absolute Gasteiger partial charge is 0.302 e. The zero-order valence-corrected chi connectivity index (χ0v) is 22.8. The quantitative estimate of drug-likeness (QED) is 0.159. The molecular formula is C30H28N4O4S. The standard InChI is InChI=1S/C30H28N4O4S/c1-4-16-39-25-12-10-22(11-13-25)28-23(19-34(32-28)24-8-6-5-7-9-24)17-26-20(2)27(18-31)30(37)33(29(26)36)14-15-38-21(3)35/h5-13,17,19H,4,14-16H2,1-3H3/b26-17+. The molecule has 2 heterocycles. The highest BCUT2D eigenvalue weighted by Gasteiger charge is 2.35. The van der Waals surface area contributed by atoms with Crippen LogP contribution in [0, 0.1) is 11.3 Å². The van der Waals surface area contributed by atoms with E-state index in [1.54, 1.807) is 29.4 Å². The van der Waals surface area contributed by atoms with Gasteiger partial charge < -0.3 is 4.74 Å². The highest BCUT2D eigenvalue weighted by molar-refractivity contribution is 7.99. The summed E-state index contributed by atoms with van der Waals surface area (Å²) in [5.74, 6) is -0.758. The lowest BCUT2D eigenvalue weighted by molar-refractivity contribution is -0.147. The van der Waals surface area contributed by atoms with Crippen LogP contribution in [0.3, 0.4) is 0 Å². The lowest BCUT2D eigenvalue weighted by atomic mass is 9.93. The minimum atomic E-state index is -0.704. The molecule has 0 aliphatic carbocycles. The Labute approximate surface area is 231 Å². The number of carbonyl (C=O) groups is 3. The normalized spacial score (nSPS) is 14.6. The maximum absolute atomic E-state index is 13.5. The number of carbonyl (C=O) groups excluding carboxylic acids is 3. The zero-order valence-electron chi connectivity index (χ0n) is 22.0. The van der Waals surface area contributed by atoms with Crippen molar-refractivity contribution in [2.75, 3.05) is 18.9 Å². The van der Waals surface area contributed by atoms with E-state index in [1.165, 1.54) is 6.92 Å². The second kappa shape index (κ2) is 12.4. The fourth-order valence-electron chi connectivity index (χ4n) is 4.13. The van der Waals surface area contributed by atoms with Gasteiger partial charge in [-0.2, -0.15) is 10.4 Å². The van der Waals surface area contributed by atoms with Crippen LogP contribution in [0.4, 0.5) is 0 Å². The topological polar surface area (TPSA) is 105 Å². The van der Waals surface area contributed by atoms with Crippen LogP contribution in [0.5, 0.6) is 0 Å². The SMILES string of the molecule is CCCSc1ccc(-c2nn(-c3ccccc3)cc2/C=C2/C(=O)N(CCOC(C)=O)C(=O)C(C#N)=C2C)cc1. The van der Waals surface area contributed by atoms with Crippen LogP contribution in [0.25, 0.3) is 23.0 Å². The van der Waals surface area contributed by atoms with Crippen LogP contribution in [0.1, 0.15) is 32.8 Å². The molecule has 9 heteroatoms. The van der Waals surface area contributed by atoms with Crippen molar-refractivity contribution in [1.29, 1.82) is 5.26 Å². The molecule has 0 bridgehead atoms. The predicted octanol–water partition coefficient (Wildman–Crippen LogP) is 5.20. The van der Waals surface area contributed by atoms with Crippen molar-refractivity contribution in [3.05, 3.63) is 83.1 Å². The minimum Gasteiger partial charge on any atom is -0.464 e. The Morgan fingerprint density at radius 2 is 1.82 bits per heavy atom. The number of imide groups is 1. The number of hydrogen-bond donors (Lipinski definition) is 0. The van der Waals surface area contributed by atoms with Gasteiger partial charge in [0.05, 0.1) is 17.9 Å². The van der Waals surface area contributed by atoms with Gasteiger partial charge in [0, 0.05) is 34.7 Å². The van der Waals surface area contributed by atoms with Crippen molar-refractivity contribution in [2.45, 2.75) is 32.1 Å². The van der Waals surface area contributed by atoms with Gasteiger partial charge in [0.25, 0.3) is 11.8 Å². The molecule has 3 aromatic rings. The average Bonchev–Trinajstić information content (AvgIpc) is 3.36. The Morgan fingerprint density at radius 3 is 2.46 bits per heavy atom. The molecule has 0 radical (unpaired) electrons. The van der Waals surface area contributed by atoms with E-state index in [-0.39, 0.29) is 24.3 Å². The van der Waals surface area contributed by atoms with Crippen LogP contribution >= 0.6 is 11.8 Å². The molecule has 1 aromatic heterocycles. The summed E-state index contributed by atoms with van der Waals surface area (Å²) in [5, 5.41) is 14.5. The van der Waals surface area contributed by atoms with E-state index in [2.05, 4.69) is 6.92 Å². The maximum Gasteiger partial charge on any atom is 0.302 e. The van der Waals surface area contributed by atoms with Crippen LogP contribution < -0.4 is 0 Å². The first-order valence-corrected chi connectivity index (χ1v) is 13.5. The van der Waals surface area contributed by atoms with Crippen molar-refractivity contribution in [1.82, 2.24) is 14.7 Å². The van der Waals surface area contributed by atoms with Gasteiger partial charge in [-0.05, 0) is 55.0 Å². The average molecular weight is 541 g/mol. The summed E-state index contributed by atoms with van der Waals surface area (Å²) in [6.45, 7) is 4.67. The molecule has 4 rings (SSSR count). The molecule has 0 saturated heterocycles. The Morgan fingerprint density at radius 1 is 1.10 bits per heavy atom. The van der Waals surface area contributed by atoms with Crippen LogP contribution in [-0.2, 0) is 19.1 Å². The first-order valence-electron chi connectivity index (χ1n) is 12.5. The second-order valence-corrected chi connectivity index (χ2v) is 10.0. The van der Waals surface area contributed by atoms with Crippen LogP contribution in [-0.4, -0.2) is 51.4 Å². The predicted molar refractivity (Wildman–Crippen MR) is 150 cm³/mol. The van der Waals surface area contributed by atoms with Gasteiger partial charge in [0.15, 0.2) is 0 Å². The second-order valence-electron chi connectivity index (χ2n) is 8.86. The highest BCUT2D eigenvalue weighted by Crippen LogP contribution is 2.32. The Hall–Kier alpha value is -4.42. The van der Waals surface area contributed by atoms with Crippen molar-refractivity contribution >= 4 is 35.6 Å². The Kier molecular flexibility index (Phi) is 8.79. The first-order chi connectivity index (χ1) is 18.8. The van der Waals surface area contributed by atoms with E-state index in [4.69, 9.17) is 9.84 Å². The lowest BCUT2D eigenvalue weighted by Crippen LogP contribution is -2.44. The van der Waals surface area contributed by atoms with E-state index < -0.39 is 17.8 Å². The third kappa shape index (κ3) is 6.19. The summed E-state index contributed by atoms with van der Waals surface area (Å²) < 4.78 is 6.67. The number of benzene rings is 2. The molecule has 0 fully saturated rings. The lowest BCUT2D eigenvalue weighted by Gasteiger charge is -2.27. The molecular weight excluding hydrogens is 512 g/mol. The number of ether oxygens (including phenoxy) is 1.